The van der Waals surface area contributed by atoms with Gasteiger partial charge in [-0.05, 0) is 36.1 Å². The number of hydrogen-bond donors (Lipinski definition) is 2. The number of hydrogen-bond acceptors (Lipinski definition) is 2. The van der Waals surface area contributed by atoms with Gasteiger partial charge in [0.2, 0.25) is 0 Å². The van der Waals surface area contributed by atoms with Gasteiger partial charge in [0.25, 0.3) is 0 Å². The maximum absolute atomic E-state index is 12.5. The molecule has 1 aliphatic heterocycles. The third kappa shape index (κ3) is 3.21. The lowest BCUT2D eigenvalue weighted by molar-refractivity contribution is -0.142. The van der Waals surface area contributed by atoms with Gasteiger partial charge < -0.3 is 10.2 Å². The lowest BCUT2D eigenvalue weighted by Crippen LogP contribution is -2.42. The lowest BCUT2D eigenvalue weighted by atomic mass is 9.94. The van der Waals surface area contributed by atoms with E-state index in [1.165, 1.54) is 12.1 Å². The van der Waals surface area contributed by atoms with Crippen LogP contribution in [-0.4, -0.2) is 33.2 Å². The second-order valence-corrected chi connectivity index (χ2v) is 4.81. The highest BCUT2D eigenvalue weighted by Crippen LogP contribution is 2.32. The van der Waals surface area contributed by atoms with Crippen LogP contribution < -0.4 is 0 Å². The summed E-state index contributed by atoms with van der Waals surface area (Å²) in [6.07, 6.45) is -4.37. The molecule has 118 valence electrons. The Hall–Kier alpha value is -2.51. The van der Waals surface area contributed by atoms with Gasteiger partial charge in [-0.1, -0.05) is 12.1 Å². The summed E-state index contributed by atoms with van der Waals surface area (Å²) in [5, 5.41) is 18.0. The number of carboxylic acids is 1. The summed E-state index contributed by atoms with van der Waals surface area (Å²) in [7, 11) is 0. The fraction of sp³-hybridized carbons (Fsp3) is 0.286. The molecule has 1 unspecified atom stereocenters. The highest BCUT2D eigenvalue weighted by Gasteiger charge is 2.33. The maximum atomic E-state index is 12.5. The van der Waals surface area contributed by atoms with Crippen LogP contribution in [0.3, 0.4) is 0 Å². The van der Waals surface area contributed by atoms with Gasteiger partial charge in [-0.15, -0.1) is 0 Å². The number of allylic oxidation sites excluding steroid dienone is 1. The number of carbonyl (C=O) groups is 2. The molecule has 0 radical (unpaired) electrons. The second kappa shape index (κ2) is 5.70. The van der Waals surface area contributed by atoms with Crippen LogP contribution in [0, 0.1) is 0 Å². The minimum atomic E-state index is -4.44. The minimum absolute atomic E-state index is 0.0640. The maximum Gasteiger partial charge on any atom is 0.416 e. The van der Waals surface area contributed by atoms with Gasteiger partial charge in [0.05, 0.1) is 5.56 Å². The second-order valence-electron chi connectivity index (χ2n) is 4.81. The van der Waals surface area contributed by atoms with E-state index in [9.17, 15) is 22.8 Å². The van der Waals surface area contributed by atoms with Gasteiger partial charge in [0.1, 0.15) is 6.04 Å². The number of amides is 1. The van der Waals surface area contributed by atoms with Gasteiger partial charge in [0, 0.05) is 6.20 Å². The summed E-state index contributed by atoms with van der Waals surface area (Å²) >= 11 is 0. The van der Waals surface area contributed by atoms with Gasteiger partial charge in [-0.2, -0.15) is 13.2 Å². The zero-order valence-corrected chi connectivity index (χ0v) is 11.2. The third-order valence-corrected chi connectivity index (χ3v) is 3.41. The summed E-state index contributed by atoms with van der Waals surface area (Å²) in [6, 6.07) is 3.12. The highest BCUT2D eigenvalue weighted by molar-refractivity contribution is 5.83. The molecule has 1 aromatic carbocycles. The number of halogens is 3. The van der Waals surface area contributed by atoms with Crippen LogP contribution in [0.25, 0.3) is 5.57 Å². The molecule has 0 saturated heterocycles. The highest BCUT2D eigenvalue weighted by atomic mass is 19.4. The van der Waals surface area contributed by atoms with Crippen molar-refractivity contribution in [1.29, 1.82) is 0 Å². The van der Waals surface area contributed by atoms with Crippen molar-refractivity contribution in [2.75, 3.05) is 0 Å². The Bertz CT molecular complexity index is 622. The lowest BCUT2D eigenvalue weighted by Gasteiger charge is -2.29. The molecule has 1 atom stereocenters. The molecule has 0 aromatic heterocycles. The molecule has 0 fully saturated rings. The molecule has 0 bridgehead atoms. The smallest absolute Gasteiger partial charge is 0.416 e. The number of aliphatic carboxylic acids is 1. The van der Waals surface area contributed by atoms with E-state index in [4.69, 9.17) is 10.2 Å². The number of alkyl halides is 3. The first-order chi connectivity index (χ1) is 10.2. The van der Waals surface area contributed by atoms with E-state index in [1.807, 2.05) is 0 Å². The number of benzene rings is 1. The summed E-state index contributed by atoms with van der Waals surface area (Å²) < 4.78 is 37.5. The fourth-order valence-corrected chi connectivity index (χ4v) is 2.28. The van der Waals surface area contributed by atoms with Gasteiger partial charge in [-0.3, -0.25) is 4.90 Å². The summed E-state index contributed by atoms with van der Waals surface area (Å²) in [6.45, 7) is 0. The Morgan fingerprint density at radius 2 is 1.73 bits per heavy atom. The molecule has 5 nitrogen and oxygen atoms in total. The molecular weight excluding hydrogens is 303 g/mol. The molecule has 1 aliphatic rings. The van der Waals surface area contributed by atoms with Crippen LogP contribution in [0.4, 0.5) is 18.0 Å². The predicted molar refractivity (Wildman–Crippen MR) is 69.9 cm³/mol. The van der Waals surface area contributed by atoms with E-state index >= 15 is 0 Å². The van der Waals surface area contributed by atoms with Crippen LogP contribution in [0.1, 0.15) is 24.0 Å². The van der Waals surface area contributed by atoms with Crippen molar-refractivity contribution in [1.82, 2.24) is 4.90 Å². The topological polar surface area (TPSA) is 77.8 Å². The van der Waals surface area contributed by atoms with Crippen molar-refractivity contribution in [3.05, 3.63) is 41.6 Å². The van der Waals surface area contributed by atoms with Crippen molar-refractivity contribution in [3.63, 3.8) is 0 Å². The Balaban J connectivity index is 2.31. The van der Waals surface area contributed by atoms with E-state index in [0.29, 0.717) is 16.0 Å². The van der Waals surface area contributed by atoms with E-state index in [-0.39, 0.29) is 12.8 Å². The van der Waals surface area contributed by atoms with Gasteiger partial charge in [-0.25, -0.2) is 9.59 Å². The van der Waals surface area contributed by atoms with Crippen molar-refractivity contribution in [2.45, 2.75) is 25.1 Å². The van der Waals surface area contributed by atoms with Crippen LogP contribution in [0.15, 0.2) is 30.5 Å². The molecule has 2 rings (SSSR count). The van der Waals surface area contributed by atoms with E-state index in [1.54, 1.807) is 0 Å². The summed E-state index contributed by atoms with van der Waals surface area (Å²) in [4.78, 5) is 22.8. The molecule has 1 heterocycles. The largest absolute Gasteiger partial charge is 0.480 e. The quantitative estimate of drug-likeness (QED) is 0.878. The number of rotatable bonds is 2. The molecule has 1 aromatic rings. The molecule has 22 heavy (non-hydrogen) atoms. The van der Waals surface area contributed by atoms with Gasteiger partial charge >= 0.3 is 18.2 Å². The van der Waals surface area contributed by atoms with Gasteiger partial charge in [0.15, 0.2) is 0 Å². The van der Waals surface area contributed by atoms with E-state index in [0.717, 1.165) is 18.3 Å². The minimum Gasteiger partial charge on any atom is -0.480 e. The Labute approximate surface area is 123 Å². The van der Waals surface area contributed by atoms with Crippen molar-refractivity contribution in [2.24, 2.45) is 0 Å². The first-order valence-electron chi connectivity index (χ1n) is 6.32. The standard InChI is InChI=1S/C14H12F3NO4/c15-14(16,17)10-4-1-8(2-5-10)9-3-6-11(12(19)20)18(7-9)13(21)22/h1-2,4-5,7,11H,3,6H2,(H,19,20)(H,21,22). The molecule has 1 amide bonds. The Morgan fingerprint density at radius 1 is 1.14 bits per heavy atom. The Kier molecular flexibility index (Phi) is 4.11. The van der Waals surface area contributed by atoms with Crippen molar-refractivity contribution < 1.29 is 33.0 Å². The fourth-order valence-electron chi connectivity index (χ4n) is 2.28. The summed E-state index contributed by atoms with van der Waals surface area (Å²) in [5.74, 6) is -1.26. The molecular formula is C14H12F3NO4. The SMILES string of the molecule is O=C(O)C1CCC(c2ccc(C(F)(F)F)cc2)=CN1C(=O)O. The van der Waals surface area contributed by atoms with Crippen LogP contribution >= 0.6 is 0 Å². The van der Waals surface area contributed by atoms with Crippen molar-refractivity contribution >= 4 is 17.6 Å². The molecule has 8 heteroatoms. The first-order valence-corrected chi connectivity index (χ1v) is 6.32. The monoisotopic (exact) mass is 315 g/mol. The first kappa shape index (κ1) is 15.9. The molecule has 0 saturated carbocycles. The summed E-state index contributed by atoms with van der Waals surface area (Å²) in [5.41, 5.74) is 0.114. The third-order valence-electron chi connectivity index (χ3n) is 3.41. The molecule has 0 spiro atoms. The average molecular weight is 315 g/mol. The molecule has 0 aliphatic carbocycles. The van der Waals surface area contributed by atoms with Crippen LogP contribution in [0.5, 0.6) is 0 Å². The van der Waals surface area contributed by atoms with E-state index < -0.39 is 29.8 Å². The number of carboxylic acid groups (broad SMARTS) is 2. The average Bonchev–Trinajstić information content (AvgIpc) is 2.45. The molecule has 2 N–H and O–H groups in total. The normalized spacial score (nSPS) is 18.8. The predicted octanol–water partition coefficient (Wildman–Crippen LogP) is 3.27. The van der Waals surface area contributed by atoms with Crippen molar-refractivity contribution in [3.8, 4) is 0 Å². The van der Waals surface area contributed by atoms with E-state index in [2.05, 4.69) is 0 Å². The van der Waals surface area contributed by atoms with Crippen LogP contribution in [-0.2, 0) is 11.0 Å². The Morgan fingerprint density at radius 3 is 2.18 bits per heavy atom. The van der Waals surface area contributed by atoms with Crippen LogP contribution in [0.2, 0.25) is 0 Å². The zero-order chi connectivity index (χ0) is 16.5. The number of nitrogens with zero attached hydrogens (tertiary/aromatic N) is 1. The zero-order valence-electron chi connectivity index (χ0n) is 11.2.